The van der Waals surface area contributed by atoms with Gasteiger partial charge in [0.15, 0.2) is 0 Å². The van der Waals surface area contributed by atoms with E-state index in [1.54, 1.807) is 0 Å². The topological polar surface area (TPSA) is 78.4 Å². The molecule has 0 saturated carbocycles. The highest BCUT2D eigenvalue weighted by molar-refractivity contribution is 5.92. The predicted octanol–water partition coefficient (Wildman–Crippen LogP) is 2.59. The summed E-state index contributed by atoms with van der Waals surface area (Å²) in [5.41, 5.74) is -0.0892. The van der Waals surface area contributed by atoms with E-state index in [1.165, 1.54) is 0 Å². The first kappa shape index (κ1) is 15.9. The van der Waals surface area contributed by atoms with Gasteiger partial charge in [0, 0.05) is 11.8 Å². The van der Waals surface area contributed by atoms with Crippen LogP contribution >= 0.6 is 0 Å². The Bertz CT molecular complexity index is 486. The van der Waals surface area contributed by atoms with Crippen molar-refractivity contribution in [2.24, 2.45) is 5.92 Å². The summed E-state index contributed by atoms with van der Waals surface area (Å²) in [6.45, 7) is 3.63. The van der Waals surface area contributed by atoms with Crippen molar-refractivity contribution in [3.05, 3.63) is 29.8 Å². The van der Waals surface area contributed by atoms with Crippen LogP contribution in [0, 0.1) is 17.6 Å². The van der Waals surface area contributed by atoms with Crippen LogP contribution in [0.5, 0.6) is 0 Å². The number of carboxylic acids is 1. The largest absolute Gasteiger partial charge is 0.480 e. The third-order valence-electron chi connectivity index (χ3n) is 2.43. The number of hydrogen-bond donors (Lipinski definition) is 3. The maximum absolute atomic E-state index is 12.9. The number of benzene rings is 1. The van der Waals surface area contributed by atoms with Crippen molar-refractivity contribution in [1.82, 2.24) is 5.32 Å². The zero-order valence-corrected chi connectivity index (χ0v) is 11.1. The number of rotatable bonds is 5. The second kappa shape index (κ2) is 6.83. The number of anilines is 1. The van der Waals surface area contributed by atoms with Crippen molar-refractivity contribution in [3.63, 3.8) is 0 Å². The number of halogens is 2. The van der Waals surface area contributed by atoms with Crippen molar-refractivity contribution in [3.8, 4) is 0 Å². The van der Waals surface area contributed by atoms with Gasteiger partial charge in [0.2, 0.25) is 0 Å². The van der Waals surface area contributed by atoms with Crippen LogP contribution < -0.4 is 10.6 Å². The van der Waals surface area contributed by atoms with Gasteiger partial charge < -0.3 is 15.7 Å². The molecule has 1 rings (SSSR count). The number of hydrogen-bond acceptors (Lipinski definition) is 2. The molecule has 1 aromatic carbocycles. The van der Waals surface area contributed by atoms with E-state index in [0.29, 0.717) is 6.07 Å². The zero-order valence-electron chi connectivity index (χ0n) is 11.1. The summed E-state index contributed by atoms with van der Waals surface area (Å²) in [6.07, 6.45) is 0.250. The van der Waals surface area contributed by atoms with E-state index in [9.17, 15) is 18.4 Å². The molecule has 0 aliphatic heterocycles. The molecule has 1 atom stereocenters. The molecule has 0 aromatic heterocycles. The number of carbonyl (C=O) groups is 2. The third kappa shape index (κ3) is 5.21. The Morgan fingerprint density at radius 2 is 1.75 bits per heavy atom. The predicted molar refractivity (Wildman–Crippen MR) is 69.4 cm³/mol. The van der Waals surface area contributed by atoms with Gasteiger partial charge in [-0.05, 0) is 24.5 Å². The van der Waals surface area contributed by atoms with Gasteiger partial charge in [0.25, 0.3) is 0 Å². The average molecular weight is 286 g/mol. The van der Waals surface area contributed by atoms with Crippen LogP contribution in [-0.2, 0) is 4.79 Å². The van der Waals surface area contributed by atoms with Crippen molar-refractivity contribution >= 4 is 17.7 Å². The zero-order chi connectivity index (χ0) is 15.3. The molecule has 0 aliphatic carbocycles. The molecule has 0 heterocycles. The smallest absolute Gasteiger partial charge is 0.326 e. The Morgan fingerprint density at radius 3 is 2.20 bits per heavy atom. The maximum atomic E-state index is 12.9. The first-order chi connectivity index (χ1) is 9.27. The highest BCUT2D eigenvalue weighted by Crippen LogP contribution is 2.13. The number of carbonyl (C=O) groups excluding carboxylic acids is 1. The molecule has 0 unspecified atom stereocenters. The van der Waals surface area contributed by atoms with Crippen molar-refractivity contribution in [1.29, 1.82) is 0 Å². The van der Waals surface area contributed by atoms with Gasteiger partial charge in [0.1, 0.15) is 17.7 Å². The van der Waals surface area contributed by atoms with E-state index in [1.807, 2.05) is 13.8 Å². The molecule has 0 radical (unpaired) electrons. The summed E-state index contributed by atoms with van der Waals surface area (Å²) in [5.74, 6) is -2.77. The molecule has 0 spiro atoms. The fourth-order valence-electron chi connectivity index (χ4n) is 1.64. The van der Waals surface area contributed by atoms with Crippen LogP contribution in [0.15, 0.2) is 18.2 Å². The molecule has 110 valence electrons. The van der Waals surface area contributed by atoms with E-state index in [0.717, 1.165) is 12.1 Å². The molecule has 0 fully saturated rings. The van der Waals surface area contributed by atoms with Crippen LogP contribution in [0.1, 0.15) is 20.3 Å². The second-order valence-electron chi connectivity index (χ2n) is 4.78. The third-order valence-corrected chi connectivity index (χ3v) is 2.43. The summed E-state index contributed by atoms with van der Waals surface area (Å²) in [5, 5.41) is 13.4. The SMILES string of the molecule is CC(C)C[C@H](NC(=O)Nc1cc(F)cc(F)c1)C(=O)O. The second-order valence-corrected chi connectivity index (χ2v) is 4.78. The fraction of sp³-hybridized carbons (Fsp3) is 0.385. The average Bonchev–Trinajstić information content (AvgIpc) is 2.25. The lowest BCUT2D eigenvalue weighted by Crippen LogP contribution is -2.43. The van der Waals surface area contributed by atoms with Crippen LogP contribution in [0.4, 0.5) is 19.3 Å². The van der Waals surface area contributed by atoms with Gasteiger partial charge in [-0.25, -0.2) is 18.4 Å². The Labute approximate surface area is 115 Å². The molecule has 3 N–H and O–H groups in total. The van der Waals surface area contributed by atoms with Crippen LogP contribution in [0.25, 0.3) is 0 Å². The van der Waals surface area contributed by atoms with E-state index >= 15 is 0 Å². The molecule has 7 heteroatoms. The van der Waals surface area contributed by atoms with E-state index in [2.05, 4.69) is 10.6 Å². The molecule has 20 heavy (non-hydrogen) atoms. The van der Waals surface area contributed by atoms with Crippen LogP contribution in [0.2, 0.25) is 0 Å². The monoisotopic (exact) mass is 286 g/mol. The summed E-state index contributed by atoms with van der Waals surface area (Å²) in [7, 11) is 0. The molecular weight excluding hydrogens is 270 g/mol. The molecule has 1 aromatic rings. The molecule has 0 saturated heterocycles. The van der Waals surface area contributed by atoms with Crippen LogP contribution in [0.3, 0.4) is 0 Å². The summed E-state index contributed by atoms with van der Waals surface area (Å²) >= 11 is 0. The Kier molecular flexibility index (Phi) is 5.42. The summed E-state index contributed by atoms with van der Waals surface area (Å²) < 4.78 is 25.9. The van der Waals surface area contributed by atoms with E-state index < -0.39 is 29.7 Å². The standard InChI is InChI=1S/C13H16F2N2O3/c1-7(2)3-11(12(18)19)17-13(20)16-10-5-8(14)4-9(15)6-10/h4-7,11H,3H2,1-2H3,(H,18,19)(H2,16,17,20)/t11-/m0/s1. The minimum absolute atomic E-state index is 0.0722. The Morgan fingerprint density at radius 1 is 1.20 bits per heavy atom. The Hall–Kier alpha value is -2.18. The molecule has 0 bridgehead atoms. The lowest BCUT2D eigenvalue weighted by atomic mass is 10.0. The van der Waals surface area contributed by atoms with E-state index in [4.69, 9.17) is 5.11 Å². The van der Waals surface area contributed by atoms with Crippen molar-refractivity contribution in [2.45, 2.75) is 26.3 Å². The molecule has 5 nitrogen and oxygen atoms in total. The molecule has 0 aliphatic rings. The number of amides is 2. The van der Waals surface area contributed by atoms with Gasteiger partial charge >= 0.3 is 12.0 Å². The van der Waals surface area contributed by atoms with Gasteiger partial charge in [-0.2, -0.15) is 0 Å². The van der Waals surface area contributed by atoms with Gasteiger partial charge in [-0.15, -0.1) is 0 Å². The lowest BCUT2D eigenvalue weighted by molar-refractivity contribution is -0.139. The first-order valence-corrected chi connectivity index (χ1v) is 6.04. The van der Waals surface area contributed by atoms with E-state index in [-0.39, 0.29) is 18.0 Å². The normalized spacial score (nSPS) is 12.1. The number of aliphatic carboxylic acids is 1. The minimum atomic E-state index is -1.17. The molecular formula is C13H16F2N2O3. The number of nitrogens with one attached hydrogen (secondary N) is 2. The van der Waals surface area contributed by atoms with Gasteiger partial charge in [-0.1, -0.05) is 13.8 Å². The van der Waals surface area contributed by atoms with Crippen molar-refractivity contribution < 1.29 is 23.5 Å². The number of carboxylic acid groups (broad SMARTS) is 1. The summed E-state index contributed by atoms with van der Waals surface area (Å²) in [6, 6.07) is 0.639. The minimum Gasteiger partial charge on any atom is -0.480 e. The Balaban J connectivity index is 2.68. The fourth-order valence-corrected chi connectivity index (χ4v) is 1.64. The molecule has 2 amide bonds. The summed E-state index contributed by atoms with van der Waals surface area (Å²) in [4.78, 5) is 22.6. The highest BCUT2D eigenvalue weighted by Gasteiger charge is 2.21. The first-order valence-electron chi connectivity index (χ1n) is 6.04. The maximum Gasteiger partial charge on any atom is 0.326 e. The van der Waals surface area contributed by atoms with Gasteiger partial charge in [-0.3, -0.25) is 0 Å². The van der Waals surface area contributed by atoms with Crippen molar-refractivity contribution in [2.75, 3.05) is 5.32 Å². The highest BCUT2D eigenvalue weighted by atomic mass is 19.1. The quantitative estimate of drug-likeness (QED) is 0.778. The number of urea groups is 1. The van der Waals surface area contributed by atoms with Crippen LogP contribution in [-0.4, -0.2) is 23.1 Å². The lowest BCUT2D eigenvalue weighted by Gasteiger charge is -2.17. The van der Waals surface area contributed by atoms with Gasteiger partial charge in [0.05, 0.1) is 0 Å².